The minimum absolute atomic E-state index is 0.0718. The van der Waals surface area contributed by atoms with Gasteiger partial charge in [-0.2, -0.15) is 0 Å². The maximum Gasteiger partial charge on any atom is 0.234 e. The lowest BCUT2D eigenvalue weighted by molar-refractivity contribution is -0.120. The number of rotatable bonds is 6. The van der Waals surface area contributed by atoms with Crippen molar-refractivity contribution in [3.05, 3.63) is 30.2 Å². The van der Waals surface area contributed by atoms with Gasteiger partial charge in [-0.1, -0.05) is 11.2 Å². The highest BCUT2D eigenvalue weighted by Crippen LogP contribution is 2.00. The number of aryl methyl sites for hydroxylation is 1. The summed E-state index contributed by atoms with van der Waals surface area (Å²) >= 11 is 0. The van der Waals surface area contributed by atoms with Crippen molar-refractivity contribution < 1.29 is 9.32 Å². The third-order valence-corrected chi connectivity index (χ3v) is 1.72. The quantitative estimate of drug-likeness (QED) is 0.525. The molecule has 0 radical (unpaired) electrons. The van der Waals surface area contributed by atoms with Crippen LogP contribution in [0.4, 0.5) is 0 Å². The molecule has 5 nitrogen and oxygen atoms in total. The van der Waals surface area contributed by atoms with E-state index in [2.05, 4.69) is 22.4 Å². The van der Waals surface area contributed by atoms with E-state index >= 15 is 0 Å². The van der Waals surface area contributed by atoms with Gasteiger partial charge in [0.25, 0.3) is 0 Å². The number of hydrogen-bond acceptors (Lipinski definition) is 4. The minimum Gasteiger partial charge on any atom is -0.361 e. The van der Waals surface area contributed by atoms with E-state index in [1.54, 1.807) is 12.1 Å². The van der Waals surface area contributed by atoms with Gasteiger partial charge < -0.3 is 15.2 Å². The first-order valence-electron chi connectivity index (χ1n) is 4.73. The zero-order valence-electron chi connectivity index (χ0n) is 8.75. The van der Waals surface area contributed by atoms with Crippen molar-refractivity contribution in [2.24, 2.45) is 0 Å². The molecule has 1 amide bonds. The average Bonchev–Trinajstić information content (AvgIpc) is 2.62. The Morgan fingerprint density at radius 2 is 2.53 bits per heavy atom. The highest BCUT2D eigenvalue weighted by atomic mass is 16.5. The second-order valence-electron chi connectivity index (χ2n) is 3.13. The minimum atomic E-state index is -0.0718. The molecule has 0 spiro atoms. The van der Waals surface area contributed by atoms with E-state index in [9.17, 15) is 4.79 Å². The number of nitrogens with zero attached hydrogens (tertiary/aromatic N) is 1. The van der Waals surface area contributed by atoms with Crippen molar-refractivity contribution in [3.8, 4) is 0 Å². The molecule has 1 aromatic rings. The van der Waals surface area contributed by atoms with Gasteiger partial charge in [-0.3, -0.25) is 4.79 Å². The number of hydrogen-bond donors (Lipinski definition) is 2. The van der Waals surface area contributed by atoms with Crippen LogP contribution in [0.3, 0.4) is 0 Å². The highest BCUT2D eigenvalue weighted by molar-refractivity contribution is 5.77. The molecule has 0 aliphatic carbocycles. The van der Waals surface area contributed by atoms with Crippen LogP contribution in [0.5, 0.6) is 0 Å². The van der Waals surface area contributed by atoms with E-state index in [1.165, 1.54) is 0 Å². The van der Waals surface area contributed by atoms with Crippen LogP contribution in [0.15, 0.2) is 23.2 Å². The lowest BCUT2D eigenvalue weighted by Gasteiger charge is -2.02. The summed E-state index contributed by atoms with van der Waals surface area (Å²) in [6.45, 7) is 6.64. The Balaban J connectivity index is 2.19. The SMILES string of the molecule is C=CCNCC(=O)NCc1cc(C)on1. The fourth-order valence-electron chi connectivity index (χ4n) is 1.04. The van der Waals surface area contributed by atoms with Crippen molar-refractivity contribution in [3.63, 3.8) is 0 Å². The van der Waals surface area contributed by atoms with E-state index in [-0.39, 0.29) is 12.5 Å². The Morgan fingerprint density at radius 3 is 3.13 bits per heavy atom. The Hall–Kier alpha value is -1.62. The van der Waals surface area contributed by atoms with Gasteiger partial charge in [-0.15, -0.1) is 6.58 Å². The molecular weight excluding hydrogens is 194 g/mol. The molecular formula is C10H15N3O2. The van der Waals surface area contributed by atoms with E-state index in [0.29, 0.717) is 13.1 Å². The standard InChI is InChI=1S/C10H15N3O2/c1-3-4-11-7-10(14)12-6-9-5-8(2)15-13-9/h3,5,11H,1,4,6-7H2,2H3,(H,12,14). The molecule has 0 aliphatic rings. The van der Waals surface area contributed by atoms with Gasteiger partial charge in [-0.25, -0.2) is 0 Å². The molecule has 2 N–H and O–H groups in total. The van der Waals surface area contributed by atoms with Crippen LogP contribution in [0.2, 0.25) is 0 Å². The molecule has 0 atom stereocenters. The average molecular weight is 209 g/mol. The van der Waals surface area contributed by atoms with E-state index in [1.807, 2.05) is 6.92 Å². The van der Waals surface area contributed by atoms with Crippen LogP contribution in [-0.2, 0) is 11.3 Å². The first kappa shape index (κ1) is 11.5. The van der Waals surface area contributed by atoms with Gasteiger partial charge >= 0.3 is 0 Å². The first-order valence-corrected chi connectivity index (χ1v) is 4.73. The summed E-state index contributed by atoms with van der Waals surface area (Å²) in [4.78, 5) is 11.2. The van der Waals surface area contributed by atoms with Crippen LogP contribution >= 0.6 is 0 Å². The number of carbonyl (C=O) groups excluding carboxylic acids is 1. The fourth-order valence-corrected chi connectivity index (χ4v) is 1.04. The van der Waals surface area contributed by atoms with Crippen molar-refractivity contribution in [1.29, 1.82) is 0 Å². The van der Waals surface area contributed by atoms with Crippen LogP contribution in [0.1, 0.15) is 11.5 Å². The van der Waals surface area contributed by atoms with Crippen LogP contribution in [0, 0.1) is 6.92 Å². The number of aromatic nitrogens is 1. The molecule has 5 heteroatoms. The monoisotopic (exact) mass is 209 g/mol. The smallest absolute Gasteiger partial charge is 0.234 e. The van der Waals surface area contributed by atoms with E-state index < -0.39 is 0 Å². The molecule has 0 aliphatic heterocycles. The van der Waals surface area contributed by atoms with Gasteiger partial charge in [0.15, 0.2) is 0 Å². The second-order valence-corrected chi connectivity index (χ2v) is 3.13. The topological polar surface area (TPSA) is 67.2 Å². The third kappa shape index (κ3) is 4.42. The Morgan fingerprint density at radius 1 is 1.73 bits per heavy atom. The third-order valence-electron chi connectivity index (χ3n) is 1.72. The second kappa shape index (κ2) is 5.98. The molecule has 0 saturated heterocycles. The normalized spacial score (nSPS) is 9.93. The number of carbonyl (C=O) groups is 1. The molecule has 0 unspecified atom stereocenters. The van der Waals surface area contributed by atoms with Gasteiger partial charge in [0.2, 0.25) is 5.91 Å². The highest BCUT2D eigenvalue weighted by Gasteiger charge is 2.03. The fraction of sp³-hybridized carbons (Fsp3) is 0.400. The summed E-state index contributed by atoms with van der Waals surface area (Å²) in [5.74, 6) is 0.668. The molecule has 1 heterocycles. The number of amides is 1. The van der Waals surface area contributed by atoms with E-state index in [0.717, 1.165) is 11.5 Å². The van der Waals surface area contributed by atoms with E-state index in [4.69, 9.17) is 4.52 Å². The van der Waals surface area contributed by atoms with Crippen LogP contribution < -0.4 is 10.6 Å². The van der Waals surface area contributed by atoms with Crippen molar-refractivity contribution in [1.82, 2.24) is 15.8 Å². The zero-order valence-corrected chi connectivity index (χ0v) is 8.75. The Kier molecular flexibility index (Phi) is 4.56. The summed E-state index contributed by atoms with van der Waals surface area (Å²) in [5, 5.41) is 9.37. The molecule has 0 saturated carbocycles. The van der Waals surface area contributed by atoms with Crippen molar-refractivity contribution in [2.45, 2.75) is 13.5 Å². The summed E-state index contributed by atoms with van der Waals surface area (Å²) < 4.78 is 4.87. The maximum absolute atomic E-state index is 11.2. The van der Waals surface area contributed by atoms with Gasteiger partial charge in [0.05, 0.1) is 13.1 Å². The lowest BCUT2D eigenvalue weighted by Crippen LogP contribution is -2.33. The van der Waals surface area contributed by atoms with Crippen molar-refractivity contribution in [2.75, 3.05) is 13.1 Å². The summed E-state index contributed by atoms with van der Waals surface area (Å²) in [6, 6.07) is 1.79. The molecule has 1 rings (SSSR count). The van der Waals surface area contributed by atoms with Gasteiger partial charge in [-0.05, 0) is 6.92 Å². The van der Waals surface area contributed by atoms with Crippen LogP contribution in [-0.4, -0.2) is 24.2 Å². The van der Waals surface area contributed by atoms with Gasteiger partial charge in [0, 0.05) is 12.6 Å². The van der Waals surface area contributed by atoms with Crippen molar-refractivity contribution >= 4 is 5.91 Å². The predicted molar refractivity (Wildman–Crippen MR) is 56.2 cm³/mol. The molecule has 82 valence electrons. The predicted octanol–water partition coefficient (Wildman–Crippen LogP) is 0.375. The Labute approximate surface area is 88.5 Å². The summed E-state index contributed by atoms with van der Waals surface area (Å²) in [7, 11) is 0. The van der Waals surface area contributed by atoms with Crippen LogP contribution in [0.25, 0.3) is 0 Å². The number of nitrogens with one attached hydrogen (secondary N) is 2. The Bertz CT molecular complexity index is 333. The lowest BCUT2D eigenvalue weighted by atomic mass is 10.4. The summed E-state index contributed by atoms with van der Waals surface area (Å²) in [5.41, 5.74) is 0.726. The zero-order chi connectivity index (χ0) is 11.1. The molecule has 0 aromatic carbocycles. The molecule has 0 fully saturated rings. The maximum atomic E-state index is 11.2. The molecule has 0 bridgehead atoms. The largest absolute Gasteiger partial charge is 0.361 e. The van der Waals surface area contributed by atoms with Gasteiger partial charge in [0.1, 0.15) is 11.5 Å². The first-order chi connectivity index (χ1) is 7.22. The molecule has 1 aromatic heterocycles. The molecule has 15 heavy (non-hydrogen) atoms. The summed E-state index contributed by atoms with van der Waals surface area (Å²) in [6.07, 6.45) is 1.70.